The van der Waals surface area contributed by atoms with E-state index in [0.29, 0.717) is 12.4 Å². The van der Waals surface area contributed by atoms with Gasteiger partial charge in [0.25, 0.3) is 0 Å². The summed E-state index contributed by atoms with van der Waals surface area (Å²) in [5.41, 5.74) is 8.14. The van der Waals surface area contributed by atoms with Crippen LogP contribution in [-0.4, -0.2) is 15.0 Å². The molecule has 0 atom stereocenters. The van der Waals surface area contributed by atoms with E-state index in [1.54, 1.807) is 0 Å². The third kappa shape index (κ3) is 3.26. The minimum absolute atomic E-state index is 0.315. The highest BCUT2D eigenvalue weighted by molar-refractivity contribution is 5.25. The van der Waals surface area contributed by atoms with Crippen molar-refractivity contribution in [2.45, 2.75) is 33.1 Å². The van der Waals surface area contributed by atoms with Crippen molar-refractivity contribution in [3.05, 3.63) is 47.0 Å². The van der Waals surface area contributed by atoms with Crippen molar-refractivity contribution < 1.29 is 0 Å². The van der Waals surface area contributed by atoms with E-state index in [0.717, 1.165) is 24.5 Å². The number of rotatable bonds is 4. The van der Waals surface area contributed by atoms with Crippen LogP contribution < -0.4 is 5.73 Å². The molecule has 2 rings (SSSR count). The number of benzene rings is 1. The van der Waals surface area contributed by atoms with Crippen LogP contribution in [0.5, 0.6) is 0 Å². The first-order valence-electron chi connectivity index (χ1n) is 6.22. The molecule has 0 spiro atoms. The molecule has 0 bridgehead atoms. The zero-order valence-corrected chi connectivity index (χ0v) is 10.8. The number of aryl methyl sites for hydroxylation is 2. The largest absolute Gasteiger partial charge is 0.368 e. The van der Waals surface area contributed by atoms with Crippen molar-refractivity contribution >= 4 is 5.95 Å². The van der Waals surface area contributed by atoms with Gasteiger partial charge in [0.1, 0.15) is 11.6 Å². The maximum atomic E-state index is 5.71. The molecule has 0 radical (unpaired) electrons. The van der Waals surface area contributed by atoms with Crippen LogP contribution in [-0.2, 0) is 12.8 Å². The van der Waals surface area contributed by atoms with Crippen LogP contribution in [0.2, 0.25) is 0 Å². The molecule has 0 aliphatic rings. The van der Waals surface area contributed by atoms with Crippen molar-refractivity contribution in [2.24, 2.45) is 0 Å². The van der Waals surface area contributed by atoms with E-state index in [9.17, 15) is 0 Å². The third-order valence-electron chi connectivity index (χ3n) is 2.70. The zero-order chi connectivity index (χ0) is 13.0. The normalized spacial score (nSPS) is 10.6. The van der Waals surface area contributed by atoms with Crippen molar-refractivity contribution in [3.63, 3.8) is 0 Å². The number of aromatic nitrogens is 3. The summed E-state index contributed by atoms with van der Waals surface area (Å²) in [7, 11) is 0. The Balaban J connectivity index is 2.20. The number of nitrogens with zero attached hydrogens (tertiary/aromatic N) is 3. The summed E-state index contributed by atoms with van der Waals surface area (Å²) in [5.74, 6) is 1.84. The van der Waals surface area contributed by atoms with Gasteiger partial charge in [0.15, 0.2) is 0 Å². The van der Waals surface area contributed by atoms with E-state index in [1.807, 2.05) is 0 Å². The lowest BCUT2D eigenvalue weighted by Crippen LogP contribution is -2.07. The summed E-state index contributed by atoms with van der Waals surface area (Å²) in [6.45, 7) is 4.17. The van der Waals surface area contributed by atoms with Gasteiger partial charge < -0.3 is 5.73 Å². The van der Waals surface area contributed by atoms with Gasteiger partial charge in [-0.25, -0.2) is 4.98 Å². The Bertz CT molecular complexity index is 520. The third-order valence-corrected chi connectivity index (χ3v) is 2.70. The van der Waals surface area contributed by atoms with E-state index in [4.69, 9.17) is 5.73 Å². The molecule has 0 saturated heterocycles. The average Bonchev–Trinajstić information content (AvgIpc) is 2.32. The first-order valence-corrected chi connectivity index (χ1v) is 6.22. The Morgan fingerprint density at radius 2 is 1.67 bits per heavy atom. The van der Waals surface area contributed by atoms with Crippen LogP contribution in [0.4, 0.5) is 5.95 Å². The summed E-state index contributed by atoms with van der Waals surface area (Å²) < 4.78 is 0. The molecule has 0 aliphatic carbocycles. The Kier molecular flexibility index (Phi) is 3.87. The predicted octanol–water partition coefficient (Wildman–Crippen LogP) is 2.31. The van der Waals surface area contributed by atoms with E-state index in [1.165, 1.54) is 11.1 Å². The van der Waals surface area contributed by atoms with Gasteiger partial charge in [0.2, 0.25) is 5.95 Å². The molecule has 0 amide bonds. The van der Waals surface area contributed by atoms with Crippen molar-refractivity contribution in [1.82, 2.24) is 15.0 Å². The molecule has 0 saturated carbocycles. The summed E-state index contributed by atoms with van der Waals surface area (Å²) in [6, 6.07) is 8.36. The fraction of sp³-hybridized carbons (Fsp3) is 0.357. The van der Waals surface area contributed by atoms with Gasteiger partial charge in [-0.15, -0.1) is 0 Å². The maximum Gasteiger partial charge on any atom is 0.223 e. The smallest absolute Gasteiger partial charge is 0.223 e. The minimum atomic E-state index is 0.315. The number of hydrogen-bond acceptors (Lipinski definition) is 4. The van der Waals surface area contributed by atoms with Crippen LogP contribution in [0, 0.1) is 6.92 Å². The Morgan fingerprint density at radius 1 is 1.00 bits per heavy atom. The number of nitrogen functional groups attached to an aromatic ring is 1. The highest BCUT2D eigenvalue weighted by Crippen LogP contribution is 2.09. The Morgan fingerprint density at radius 3 is 2.33 bits per heavy atom. The van der Waals surface area contributed by atoms with Crippen molar-refractivity contribution in [1.29, 1.82) is 0 Å². The highest BCUT2D eigenvalue weighted by Gasteiger charge is 2.05. The van der Waals surface area contributed by atoms with Gasteiger partial charge in [-0.05, 0) is 18.9 Å². The Hall–Kier alpha value is -1.97. The Labute approximate surface area is 107 Å². The van der Waals surface area contributed by atoms with Gasteiger partial charge in [0, 0.05) is 12.8 Å². The van der Waals surface area contributed by atoms with Crippen LogP contribution in [0.3, 0.4) is 0 Å². The molecular weight excluding hydrogens is 224 g/mol. The summed E-state index contributed by atoms with van der Waals surface area (Å²) in [4.78, 5) is 12.8. The molecule has 1 heterocycles. The van der Waals surface area contributed by atoms with E-state index in [2.05, 4.69) is 53.1 Å². The lowest BCUT2D eigenvalue weighted by molar-refractivity contribution is 0.792. The van der Waals surface area contributed by atoms with Crippen molar-refractivity contribution in [2.75, 3.05) is 5.73 Å². The summed E-state index contributed by atoms with van der Waals surface area (Å²) >= 11 is 0. The van der Waals surface area contributed by atoms with Gasteiger partial charge in [-0.1, -0.05) is 36.8 Å². The molecule has 0 unspecified atom stereocenters. The zero-order valence-electron chi connectivity index (χ0n) is 10.8. The molecule has 4 nitrogen and oxygen atoms in total. The van der Waals surface area contributed by atoms with E-state index in [-0.39, 0.29) is 0 Å². The average molecular weight is 242 g/mol. The van der Waals surface area contributed by atoms with Crippen LogP contribution in [0.1, 0.15) is 36.1 Å². The predicted molar refractivity (Wildman–Crippen MR) is 72.2 cm³/mol. The molecule has 2 N–H and O–H groups in total. The van der Waals surface area contributed by atoms with Crippen molar-refractivity contribution in [3.8, 4) is 0 Å². The van der Waals surface area contributed by atoms with Gasteiger partial charge in [-0.3, -0.25) is 0 Å². The first-order chi connectivity index (χ1) is 8.67. The molecule has 94 valence electrons. The van der Waals surface area contributed by atoms with Crippen LogP contribution in [0.15, 0.2) is 24.3 Å². The maximum absolute atomic E-state index is 5.71. The molecular formula is C14H18N4. The standard InChI is InChI=1S/C14H18N4/c1-3-4-12-16-13(18-14(15)17-12)9-11-7-5-10(2)6-8-11/h5-8H,3-4,9H2,1-2H3,(H2,15,16,17,18). The second kappa shape index (κ2) is 5.58. The summed E-state index contributed by atoms with van der Waals surface area (Å²) in [5, 5.41) is 0. The molecule has 2 aromatic rings. The molecule has 0 aliphatic heterocycles. The summed E-state index contributed by atoms with van der Waals surface area (Å²) in [6.07, 6.45) is 2.55. The van der Waals surface area contributed by atoms with Crippen LogP contribution in [0.25, 0.3) is 0 Å². The van der Waals surface area contributed by atoms with Gasteiger partial charge >= 0.3 is 0 Å². The number of nitrogens with two attached hydrogens (primary N) is 1. The molecule has 18 heavy (non-hydrogen) atoms. The quantitative estimate of drug-likeness (QED) is 0.893. The topological polar surface area (TPSA) is 64.7 Å². The highest BCUT2D eigenvalue weighted by atomic mass is 15.1. The molecule has 1 aromatic carbocycles. The number of hydrogen-bond donors (Lipinski definition) is 1. The molecule has 0 fully saturated rings. The second-order valence-electron chi connectivity index (χ2n) is 4.44. The lowest BCUT2D eigenvalue weighted by atomic mass is 10.1. The number of anilines is 1. The van der Waals surface area contributed by atoms with Gasteiger partial charge in [0.05, 0.1) is 0 Å². The monoisotopic (exact) mass is 242 g/mol. The van der Waals surface area contributed by atoms with E-state index >= 15 is 0 Å². The fourth-order valence-electron chi connectivity index (χ4n) is 1.79. The second-order valence-corrected chi connectivity index (χ2v) is 4.44. The molecule has 4 heteroatoms. The first kappa shape index (κ1) is 12.5. The lowest BCUT2D eigenvalue weighted by Gasteiger charge is -2.04. The molecule has 1 aromatic heterocycles. The van der Waals surface area contributed by atoms with Crippen LogP contribution >= 0.6 is 0 Å². The fourth-order valence-corrected chi connectivity index (χ4v) is 1.79. The van der Waals surface area contributed by atoms with E-state index < -0.39 is 0 Å². The minimum Gasteiger partial charge on any atom is -0.368 e. The SMILES string of the molecule is CCCc1nc(N)nc(Cc2ccc(C)cc2)n1. The van der Waals surface area contributed by atoms with Gasteiger partial charge in [-0.2, -0.15) is 9.97 Å².